The van der Waals surface area contributed by atoms with Gasteiger partial charge < -0.3 is 14.4 Å². The Bertz CT molecular complexity index is 817. The maximum atomic E-state index is 12.1. The molecule has 0 aromatic heterocycles. The molecule has 0 aliphatic carbocycles. The highest BCUT2D eigenvalue weighted by Gasteiger charge is 2.18. The van der Waals surface area contributed by atoms with Gasteiger partial charge in [-0.2, -0.15) is 0 Å². The van der Waals surface area contributed by atoms with Gasteiger partial charge in [-0.05, 0) is 56.7 Å². The molecule has 9 heteroatoms. The van der Waals surface area contributed by atoms with E-state index in [2.05, 4.69) is 4.52 Å². The molecular weight excluding hydrogens is 459 g/mol. The largest absolute Gasteiger partial charge is 0.472 e. The van der Waals surface area contributed by atoms with E-state index >= 15 is 0 Å². The second-order valence-corrected chi connectivity index (χ2v) is 8.91. The molecule has 0 amide bonds. The molecule has 0 heterocycles. The van der Waals surface area contributed by atoms with Crippen molar-refractivity contribution in [2.45, 2.75) is 58.8 Å². The Balaban J connectivity index is 2.19. The molecule has 0 fully saturated rings. The zero-order valence-electron chi connectivity index (χ0n) is 20.1. The van der Waals surface area contributed by atoms with E-state index in [4.69, 9.17) is 14.0 Å². The van der Waals surface area contributed by atoms with Gasteiger partial charge >= 0.3 is 19.8 Å². The maximum absolute atomic E-state index is 12.1. The lowest BCUT2D eigenvalue weighted by Crippen LogP contribution is -2.06. The lowest BCUT2D eigenvalue weighted by atomic mass is 10.1. The fourth-order valence-corrected chi connectivity index (χ4v) is 3.49. The van der Waals surface area contributed by atoms with Crippen molar-refractivity contribution in [3.8, 4) is 0 Å². The van der Waals surface area contributed by atoms with Gasteiger partial charge in [-0.25, -0.2) is 14.2 Å². The minimum Gasteiger partial charge on any atom is -0.463 e. The predicted octanol–water partition coefficient (Wildman–Crippen LogP) is 5.86. The van der Waals surface area contributed by atoms with E-state index in [1.54, 1.807) is 25.1 Å². The first-order valence-corrected chi connectivity index (χ1v) is 13.3. The second kappa shape index (κ2) is 18.1. The molecule has 1 aromatic rings. The molecule has 1 rings (SSSR count). The van der Waals surface area contributed by atoms with Crippen LogP contribution in [0.5, 0.6) is 0 Å². The third-order valence-electron chi connectivity index (χ3n) is 4.54. The number of hydrogen-bond acceptors (Lipinski definition) is 7. The number of esters is 2. The minimum absolute atomic E-state index is 0.120. The molecular formula is C25H37O8P. The molecule has 0 aliphatic heterocycles. The number of phosphoric ester groups is 1. The summed E-state index contributed by atoms with van der Waals surface area (Å²) in [6, 6.07) is 7.09. The number of carbonyl (C=O) groups excluding carboxylic acids is 2. The number of allylic oxidation sites excluding steroid dienone is 2. The van der Waals surface area contributed by atoms with Crippen molar-refractivity contribution in [3.05, 3.63) is 53.6 Å². The first-order chi connectivity index (χ1) is 16.4. The minimum atomic E-state index is -3.92. The highest BCUT2D eigenvalue weighted by atomic mass is 31.2. The Morgan fingerprint density at radius 3 is 2.24 bits per heavy atom. The number of rotatable bonds is 18. The van der Waals surface area contributed by atoms with E-state index in [9.17, 15) is 19.0 Å². The molecule has 1 N–H and O–H groups in total. The van der Waals surface area contributed by atoms with E-state index in [1.165, 1.54) is 6.08 Å². The fraction of sp³-hybridized carbons (Fsp3) is 0.520. The number of hydrogen-bond donors (Lipinski definition) is 1. The Hall–Kier alpha value is -2.25. The Labute approximate surface area is 202 Å². The lowest BCUT2D eigenvalue weighted by molar-refractivity contribution is -0.137. The second-order valence-electron chi connectivity index (χ2n) is 7.45. The van der Waals surface area contributed by atoms with Crippen LogP contribution in [0.4, 0.5) is 0 Å². The van der Waals surface area contributed by atoms with E-state index in [0.29, 0.717) is 38.0 Å². The van der Waals surface area contributed by atoms with Crippen molar-refractivity contribution in [1.82, 2.24) is 0 Å². The topological polar surface area (TPSA) is 108 Å². The average Bonchev–Trinajstić information content (AvgIpc) is 2.81. The highest BCUT2D eigenvalue weighted by molar-refractivity contribution is 7.47. The van der Waals surface area contributed by atoms with E-state index in [0.717, 1.165) is 31.2 Å². The molecule has 190 valence electrons. The van der Waals surface area contributed by atoms with E-state index in [-0.39, 0.29) is 25.2 Å². The summed E-state index contributed by atoms with van der Waals surface area (Å²) in [5, 5.41) is 0. The van der Waals surface area contributed by atoms with Gasteiger partial charge in [-0.15, -0.1) is 0 Å². The maximum Gasteiger partial charge on any atom is 0.472 e. The first-order valence-electron chi connectivity index (χ1n) is 11.8. The van der Waals surface area contributed by atoms with Gasteiger partial charge in [0.2, 0.25) is 0 Å². The van der Waals surface area contributed by atoms with Gasteiger partial charge in [0.25, 0.3) is 0 Å². The Morgan fingerprint density at radius 1 is 0.882 bits per heavy atom. The summed E-state index contributed by atoms with van der Waals surface area (Å²) in [4.78, 5) is 32.9. The molecule has 0 spiro atoms. The zero-order chi connectivity index (χ0) is 25.1. The third-order valence-corrected chi connectivity index (χ3v) is 5.64. The van der Waals surface area contributed by atoms with Crippen LogP contribution in [0.25, 0.3) is 6.08 Å². The van der Waals surface area contributed by atoms with Gasteiger partial charge in [0.1, 0.15) is 0 Å². The Kier molecular flexibility index (Phi) is 15.9. The summed E-state index contributed by atoms with van der Waals surface area (Å²) < 4.78 is 31.1. The highest BCUT2D eigenvalue weighted by Crippen LogP contribution is 2.42. The molecule has 0 bridgehead atoms. The summed E-state index contributed by atoms with van der Waals surface area (Å²) in [6.07, 6.45) is 12.4. The van der Waals surface area contributed by atoms with Crippen LogP contribution in [-0.4, -0.2) is 43.3 Å². The number of benzene rings is 1. The standard InChI is InChI=1S/C25H37O8P/c1-3-5-19-30-24(26)14-10-8-9-13-22-15-17-23(18-16-22)25(27)31-20-11-6-7-12-21-33-34(28,29)32-4-2/h9-10,13-18H,3-8,11-12,19-21H2,1-2H3,(H,28,29). The average molecular weight is 497 g/mol. The van der Waals surface area contributed by atoms with Crippen LogP contribution in [0, 0.1) is 0 Å². The molecule has 0 radical (unpaired) electrons. The van der Waals surface area contributed by atoms with Crippen molar-refractivity contribution in [2.24, 2.45) is 0 Å². The quantitative estimate of drug-likeness (QED) is 0.117. The van der Waals surface area contributed by atoms with Crippen LogP contribution >= 0.6 is 7.82 Å². The van der Waals surface area contributed by atoms with Gasteiger partial charge in [0, 0.05) is 6.08 Å². The summed E-state index contributed by atoms with van der Waals surface area (Å²) >= 11 is 0. The van der Waals surface area contributed by atoms with Crippen molar-refractivity contribution in [3.63, 3.8) is 0 Å². The van der Waals surface area contributed by atoms with E-state index in [1.807, 2.05) is 31.2 Å². The zero-order valence-corrected chi connectivity index (χ0v) is 21.0. The van der Waals surface area contributed by atoms with Crippen molar-refractivity contribution in [1.29, 1.82) is 0 Å². The molecule has 8 nitrogen and oxygen atoms in total. The van der Waals surface area contributed by atoms with Crippen LogP contribution in [0.3, 0.4) is 0 Å². The van der Waals surface area contributed by atoms with Crippen LogP contribution in [-0.2, 0) is 27.9 Å². The van der Waals surface area contributed by atoms with Crippen LogP contribution in [0.1, 0.15) is 74.7 Å². The molecule has 1 unspecified atom stereocenters. The normalized spacial score (nSPS) is 13.3. The first kappa shape index (κ1) is 29.8. The Morgan fingerprint density at radius 2 is 1.56 bits per heavy atom. The molecule has 0 saturated carbocycles. The predicted molar refractivity (Wildman–Crippen MR) is 131 cm³/mol. The molecule has 34 heavy (non-hydrogen) atoms. The van der Waals surface area contributed by atoms with Gasteiger partial charge in [-0.3, -0.25) is 9.05 Å². The summed E-state index contributed by atoms with van der Waals surface area (Å²) in [7, 11) is -3.92. The van der Waals surface area contributed by atoms with Crippen molar-refractivity contribution in [2.75, 3.05) is 26.4 Å². The van der Waals surface area contributed by atoms with E-state index < -0.39 is 7.82 Å². The summed E-state index contributed by atoms with van der Waals surface area (Å²) in [5.41, 5.74) is 1.42. The van der Waals surface area contributed by atoms with Crippen molar-refractivity contribution < 1.29 is 37.6 Å². The molecule has 1 aromatic carbocycles. The smallest absolute Gasteiger partial charge is 0.463 e. The number of ether oxygens (including phenoxy) is 2. The molecule has 1 atom stereocenters. The van der Waals surface area contributed by atoms with Crippen LogP contribution < -0.4 is 0 Å². The monoisotopic (exact) mass is 496 g/mol. The summed E-state index contributed by atoms with van der Waals surface area (Å²) in [5.74, 6) is -0.698. The third kappa shape index (κ3) is 14.8. The molecule has 0 saturated heterocycles. The van der Waals surface area contributed by atoms with Crippen LogP contribution in [0.2, 0.25) is 0 Å². The number of carbonyl (C=O) groups is 2. The number of unbranched alkanes of at least 4 members (excludes halogenated alkanes) is 4. The SMILES string of the molecule is CCCCOC(=O)C=CCC=Cc1ccc(C(=O)OCCCCCCOP(=O)(O)OCC)cc1. The van der Waals surface area contributed by atoms with Gasteiger partial charge in [-0.1, -0.05) is 50.1 Å². The number of phosphoric acid groups is 1. The lowest BCUT2D eigenvalue weighted by Gasteiger charge is -2.10. The molecule has 0 aliphatic rings. The van der Waals surface area contributed by atoms with Gasteiger partial charge in [0.05, 0.1) is 32.0 Å². The van der Waals surface area contributed by atoms with Crippen LogP contribution in [0.15, 0.2) is 42.5 Å². The summed E-state index contributed by atoms with van der Waals surface area (Å²) in [6.45, 7) is 4.69. The van der Waals surface area contributed by atoms with Crippen molar-refractivity contribution >= 4 is 25.8 Å². The van der Waals surface area contributed by atoms with Gasteiger partial charge in [0.15, 0.2) is 0 Å². The fourth-order valence-electron chi connectivity index (χ4n) is 2.73.